The number of carbonyl (C=O) groups is 3. The van der Waals surface area contributed by atoms with Crippen LogP contribution in [0.2, 0.25) is 0 Å². The second-order valence-electron chi connectivity index (χ2n) is 6.36. The van der Waals surface area contributed by atoms with E-state index in [0.717, 1.165) is 0 Å². The summed E-state index contributed by atoms with van der Waals surface area (Å²) < 4.78 is 13.6. The fourth-order valence-electron chi connectivity index (χ4n) is 2.33. The van der Waals surface area contributed by atoms with Gasteiger partial charge in [0, 0.05) is 6.42 Å². The van der Waals surface area contributed by atoms with Gasteiger partial charge >= 0.3 is 17.9 Å². The summed E-state index contributed by atoms with van der Waals surface area (Å²) in [5, 5.41) is 41.4. The molecule has 0 aromatic heterocycles. The van der Waals surface area contributed by atoms with E-state index in [1.54, 1.807) is 0 Å². The summed E-state index contributed by atoms with van der Waals surface area (Å²) in [4.78, 5) is 63.8. The molecule has 4 N–H and O–H groups in total. The van der Waals surface area contributed by atoms with E-state index >= 15 is 0 Å². The minimum Gasteiger partial charge on any atom is -0.435 e. The normalized spacial score (nSPS) is 35.8. The van der Waals surface area contributed by atoms with Crippen LogP contribution >= 0.6 is 0 Å². The highest BCUT2D eigenvalue weighted by Crippen LogP contribution is 2.22. The van der Waals surface area contributed by atoms with Crippen LogP contribution in [0.4, 0.5) is 0 Å². The number of fused-ring (bicyclic) bond motifs is 7. The third-order valence-electron chi connectivity index (χ3n) is 4.22. The summed E-state index contributed by atoms with van der Waals surface area (Å²) in [5.41, 5.74) is -5.22. The molecule has 2 fully saturated rings. The molecule has 16 heteroatoms. The van der Waals surface area contributed by atoms with Crippen molar-refractivity contribution in [3.05, 3.63) is 0 Å². The summed E-state index contributed by atoms with van der Waals surface area (Å²) >= 11 is 0. The second kappa shape index (κ2) is 11.6. The summed E-state index contributed by atoms with van der Waals surface area (Å²) in [6, 6.07) is 0. The van der Waals surface area contributed by atoms with E-state index < -0.39 is 81.3 Å². The molecule has 0 radical (unpaired) electrons. The molecule has 178 valence electrons. The van der Waals surface area contributed by atoms with Crippen LogP contribution in [0.15, 0.2) is 0 Å². The van der Waals surface area contributed by atoms with Crippen molar-refractivity contribution in [1.82, 2.24) is 0 Å². The third kappa shape index (κ3) is 7.01. The van der Waals surface area contributed by atoms with Crippen LogP contribution in [0.3, 0.4) is 0 Å². The molecule has 0 saturated carbocycles. The summed E-state index contributed by atoms with van der Waals surface area (Å²) in [6.07, 6.45) is -5.85. The van der Waals surface area contributed by atoms with Gasteiger partial charge in [-0.25, -0.2) is 24.3 Å². The molecule has 2 heterocycles. The second-order valence-corrected chi connectivity index (χ2v) is 6.36. The smallest absolute Gasteiger partial charge is 0.344 e. The average molecular weight is 458 g/mol. The van der Waals surface area contributed by atoms with Gasteiger partial charge in [-0.1, -0.05) is 0 Å². The summed E-state index contributed by atoms with van der Waals surface area (Å²) in [7, 11) is 0. The van der Waals surface area contributed by atoms with Crippen molar-refractivity contribution in [3.8, 4) is 0 Å². The minimum absolute atomic E-state index is 0.310. The van der Waals surface area contributed by atoms with Crippen LogP contribution in [-0.2, 0) is 57.9 Å². The van der Waals surface area contributed by atoms with Crippen molar-refractivity contribution in [2.24, 2.45) is 0 Å². The van der Waals surface area contributed by atoms with Crippen LogP contribution in [0.5, 0.6) is 0 Å². The lowest BCUT2D eigenvalue weighted by Gasteiger charge is -2.32. The number of rotatable bonds is 0. The monoisotopic (exact) mass is 458 g/mol. The summed E-state index contributed by atoms with van der Waals surface area (Å²) in [6.45, 7) is -4.42. The van der Waals surface area contributed by atoms with E-state index in [2.05, 4.69) is 33.8 Å². The van der Waals surface area contributed by atoms with Gasteiger partial charge in [0.2, 0.25) is 26.0 Å². The predicted molar refractivity (Wildman–Crippen MR) is 85.1 cm³/mol. The molecule has 0 spiro atoms. The Bertz CT molecular complexity index is 626. The number of hydrogen-bond donors (Lipinski definition) is 4. The van der Waals surface area contributed by atoms with Crippen LogP contribution in [-0.4, -0.2) is 102 Å². The van der Waals surface area contributed by atoms with Crippen LogP contribution in [0.1, 0.15) is 12.8 Å². The molecule has 2 rings (SSSR count). The van der Waals surface area contributed by atoms with Crippen LogP contribution in [0, 0.1) is 0 Å². The molecular formula is C15H22O16. The molecule has 2 bridgehead atoms. The molecule has 0 aliphatic carbocycles. The molecule has 2 saturated heterocycles. The molecule has 0 aromatic carbocycles. The maximum atomic E-state index is 12.3. The SMILES string of the molecule is O=C1CC2(O)C(=O)OCOOCC(O)(CCOOCO1)C(O)COOCOC(=O)C2O. The molecule has 0 amide bonds. The number of carbonyl (C=O) groups excluding carboxylic acids is 3. The Morgan fingerprint density at radius 1 is 0.806 bits per heavy atom. The van der Waals surface area contributed by atoms with Gasteiger partial charge in [0.15, 0.2) is 6.10 Å². The number of aliphatic hydroxyl groups is 4. The maximum absolute atomic E-state index is 12.3. The summed E-state index contributed by atoms with van der Waals surface area (Å²) in [5.74, 6) is -4.58. The average Bonchev–Trinajstić information content (AvgIpc) is 2.73. The highest BCUT2D eigenvalue weighted by Gasteiger charge is 2.52. The Labute approximate surface area is 173 Å². The van der Waals surface area contributed by atoms with E-state index in [-0.39, 0.29) is 13.0 Å². The standard InChI is InChI=1S/C15H22O16/c16-9-4-27-30-7-24-12(19)11(18)15(22)3-10(17)23-6-29-26-2-1-14(9,21)5-28-31-8-25-13(15)20/h9,11,16,18,21-22H,1-8H2. The zero-order chi connectivity index (χ0) is 22.9. The topological polar surface area (TPSA) is 215 Å². The first-order chi connectivity index (χ1) is 14.7. The number of cyclic esters (lactones) is 2. The largest absolute Gasteiger partial charge is 0.435 e. The van der Waals surface area contributed by atoms with E-state index in [4.69, 9.17) is 9.78 Å². The quantitative estimate of drug-likeness (QED) is 0.156. The van der Waals surface area contributed by atoms with Crippen LogP contribution < -0.4 is 0 Å². The molecule has 4 atom stereocenters. The minimum atomic E-state index is -3.16. The highest BCUT2D eigenvalue weighted by molar-refractivity contribution is 5.92. The van der Waals surface area contributed by atoms with Crippen molar-refractivity contribution >= 4 is 17.9 Å². The number of hydrogen-bond acceptors (Lipinski definition) is 16. The van der Waals surface area contributed by atoms with Gasteiger partial charge in [-0.15, -0.1) is 0 Å². The molecular weight excluding hydrogens is 436 g/mol. The fraction of sp³-hybridized carbons (Fsp3) is 0.800. The van der Waals surface area contributed by atoms with Gasteiger partial charge < -0.3 is 34.6 Å². The first-order valence-corrected chi connectivity index (χ1v) is 8.72. The van der Waals surface area contributed by atoms with Gasteiger partial charge in [-0.3, -0.25) is 4.79 Å². The van der Waals surface area contributed by atoms with E-state index in [1.165, 1.54) is 0 Å². The zero-order valence-corrected chi connectivity index (χ0v) is 16.0. The highest BCUT2D eigenvalue weighted by atomic mass is 17.2. The number of ether oxygens (including phenoxy) is 3. The Morgan fingerprint density at radius 2 is 1.45 bits per heavy atom. The van der Waals surface area contributed by atoms with E-state index in [9.17, 15) is 34.8 Å². The Morgan fingerprint density at radius 3 is 2.23 bits per heavy atom. The molecule has 31 heavy (non-hydrogen) atoms. The van der Waals surface area contributed by atoms with Crippen molar-refractivity contribution in [1.29, 1.82) is 0 Å². The van der Waals surface area contributed by atoms with Crippen LogP contribution in [0.25, 0.3) is 0 Å². The lowest BCUT2D eigenvalue weighted by atomic mass is 9.92. The van der Waals surface area contributed by atoms with E-state index in [0.29, 0.717) is 0 Å². The van der Waals surface area contributed by atoms with Crippen molar-refractivity contribution < 1.29 is 78.3 Å². The molecule has 4 unspecified atom stereocenters. The zero-order valence-electron chi connectivity index (χ0n) is 16.0. The van der Waals surface area contributed by atoms with Gasteiger partial charge in [-0.2, -0.15) is 14.7 Å². The molecule has 2 aliphatic heterocycles. The number of aliphatic hydroxyl groups excluding tert-OH is 2. The van der Waals surface area contributed by atoms with Crippen molar-refractivity contribution in [2.45, 2.75) is 36.3 Å². The Balaban J connectivity index is 2.30. The molecule has 2 aliphatic rings. The fourth-order valence-corrected chi connectivity index (χ4v) is 2.33. The van der Waals surface area contributed by atoms with Crippen molar-refractivity contribution in [3.63, 3.8) is 0 Å². The van der Waals surface area contributed by atoms with Gasteiger partial charge in [0.05, 0.1) is 13.0 Å². The third-order valence-corrected chi connectivity index (χ3v) is 4.22. The Kier molecular flexibility index (Phi) is 9.44. The predicted octanol–water partition coefficient (Wildman–Crippen LogP) is -3.68. The lowest BCUT2D eigenvalue weighted by molar-refractivity contribution is -0.375. The van der Waals surface area contributed by atoms with Gasteiger partial charge in [0.25, 0.3) is 0 Å². The van der Waals surface area contributed by atoms with Gasteiger partial charge in [0.1, 0.15) is 24.9 Å². The lowest BCUT2D eigenvalue weighted by Crippen LogP contribution is -2.56. The molecule has 0 aromatic rings. The first kappa shape index (κ1) is 25.3. The van der Waals surface area contributed by atoms with Gasteiger partial charge in [-0.05, 0) is 0 Å². The Hall–Kier alpha value is -1.99. The number of esters is 3. The first-order valence-electron chi connectivity index (χ1n) is 8.72. The van der Waals surface area contributed by atoms with Crippen molar-refractivity contribution in [2.75, 3.05) is 40.2 Å². The van der Waals surface area contributed by atoms with E-state index in [1.807, 2.05) is 0 Å². The maximum Gasteiger partial charge on any atom is 0.344 e. The molecule has 16 nitrogen and oxygen atoms in total.